The first kappa shape index (κ1) is 19.6. The van der Waals surface area contributed by atoms with Crippen LogP contribution < -0.4 is 11.1 Å². The predicted molar refractivity (Wildman–Crippen MR) is 113 cm³/mol. The third-order valence-electron chi connectivity index (χ3n) is 5.27. The highest BCUT2D eigenvalue weighted by atomic mass is 16.1. The lowest BCUT2D eigenvalue weighted by atomic mass is 9.96. The van der Waals surface area contributed by atoms with Gasteiger partial charge < -0.3 is 16.0 Å². The summed E-state index contributed by atoms with van der Waals surface area (Å²) in [5, 5.41) is 2.91. The van der Waals surface area contributed by atoms with Crippen LogP contribution in [0.2, 0.25) is 0 Å². The van der Waals surface area contributed by atoms with Gasteiger partial charge in [-0.25, -0.2) is 0 Å². The third kappa shape index (κ3) is 5.18. The normalized spacial score (nSPS) is 16.1. The Labute approximate surface area is 162 Å². The molecular formula is C23H31N3O. The Morgan fingerprint density at radius 1 is 1.07 bits per heavy atom. The van der Waals surface area contributed by atoms with E-state index in [2.05, 4.69) is 60.5 Å². The minimum absolute atomic E-state index is 0.0862. The first-order chi connectivity index (χ1) is 13.1. The molecule has 1 saturated heterocycles. The number of hydrogen-bond acceptors (Lipinski definition) is 3. The van der Waals surface area contributed by atoms with Crippen LogP contribution in [0.1, 0.15) is 43.7 Å². The molecule has 1 fully saturated rings. The number of carbonyl (C=O) groups is 1. The van der Waals surface area contributed by atoms with Crippen molar-refractivity contribution in [3.8, 4) is 11.1 Å². The van der Waals surface area contributed by atoms with Crippen LogP contribution in [0.5, 0.6) is 0 Å². The second-order valence-corrected chi connectivity index (χ2v) is 7.71. The number of amides is 1. The minimum Gasteiger partial charge on any atom is -0.329 e. The van der Waals surface area contributed by atoms with Crippen LogP contribution in [0, 0.1) is 0 Å². The summed E-state index contributed by atoms with van der Waals surface area (Å²) in [4.78, 5) is 13.8. The van der Waals surface area contributed by atoms with Gasteiger partial charge in [0, 0.05) is 18.8 Å². The van der Waals surface area contributed by atoms with Crippen LogP contribution >= 0.6 is 0 Å². The van der Waals surface area contributed by atoms with Crippen LogP contribution in [-0.2, 0) is 11.2 Å². The quantitative estimate of drug-likeness (QED) is 0.860. The van der Waals surface area contributed by atoms with E-state index < -0.39 is 0 Å². The molecule has 2 aliphatic rings. The first-order valence-corrected chi connectivity index (χ1v) is 10.0. The van der Waals surface area contributed by atoms with Crippen LogP contribution in [0.3, 0.4) is 0 Å². The van der Waals surface area contributed by atoms with Crippen molar-refractivity contribution < 1.29 is 4.79 Å². The summed E-state index contributed by atoms with van der Waals surface area (Å²) in [6.45, 7) is 8.86. The second kappa shape index (κ2) is 9.16. The van der Waals surface area contributed by atoms with E-state index in [1.54, 1.807) is 0 Å². The highest BCUT2D eigenvalue weighted by Gasteiger charge is 2.17. The molecule has 0 unspecified atom stereocenters. The predicted octanol–water partition coefficient (Wildman–Crippen LogP) is 4.01. The van der Waals surface area contributed by atoms with Gasteiger partial charge in [-0.1, -0.05) is 50.2 Å². The van der Waals surface area contributed by atoms with Gasteiger partial charge in [-0.05, 0) is 60.2 Å². The summed E-state index contributed by atoms with van der Waals surface area (Å²) in [6, 6.07) is 14.8. The van der Waals surface area contributed by atoms with Crippen molar-refractivity contribution in [1.29, 1.82) is 0 Å². The molecule has 2 heterocycles. The Hall–Kier alpha value is -2.17. The third-order valence-corrected chi connectivity index (χ3v) is 5.27. The van der Waals surface area contributed by atoms with Crippen molar-refractivity contribution >= 4 is 11.6 Å². The summed E-state index contributed by atoms with van der Waals surface area (Å²) >= 11 is 0. The van der Waals surface area contributed by atoms with Crippen LogP contribution in [0.15, 0.2) is 42.5 Å². The molecule has 0 radical (unpaired) electrons. The molecule has 1 amide bonds. The molecule has 0 aromatic heterocycles. The maximum absolute atomic E-state index is 11.4. The van der Waals surface area contributed by atoms with Gasteiger partial charge in [0.25, 0.3) is 0 Å². The van der Waals surface area contributed by atoms with E-state index in [-0.39, 0.29) is 5.91 Å². The Kier molecular flexibility index (Phi) is 6.64. The Bertz CT molecular complexity index is 779. The van der Waals surface area contributed by atoms with E-state index in [0.29, 0.717) is 12.3 Å². The Balaban J connectivity index is 0.000000221. The number of rotatable bonds is 4. The molecule has 2 aromatic rings. The van der Waals surface area contributed by atoms with E-state index in [0.717, 1.165) is 29.9 Å². The van der Waals surface area contributed by atoms with Gasteiger partial charge in [-0.15, -0.1) is 0 Å². The molecule has 3 N–H and O–H groups in total. The lowest BCUT2D eigenvalue weighted by Crippen LogP contribution is -2.26. The number of hydrogen-bond donors (Lipinski definition) is 2. The summed E-state index contributed by atoms with van der Waals surface area (Å²) in [5.74, 6) is 0.608. The number of nitrogens with zero attached hydrogens (tertiary/aromatic N) is 1. The van der Waals surface area contributed by atoms with Crippen molar-refractivity contribution in [2.45, 2.75) is 39.0 Å². The highest BCUT2D eigenvalue weighted by molar-refractivity contribution is 5.99. The fourth-order valence-corrected chi connectivity index (χ4v) is 3.66. The number of carbonyl (C=O) groups excluding carboxylic acids is 1. The monoisotopic (exact) mass is 365 g/mol. The summed E-state index contributed by atoms with van der Waals surface area (Å²) in [5.41, 5.74) is 11.1. The van der Waals surface area contributed by atoms with Crippen LogP contribution in [0.25, 0.3) is 11.1 Å². The zero-order chi connectivity index (χ0) is 19.2. The number of nitrogens with one attached hydrogen (secondary N) is 1. The minimum atomic E-state index is 0.0862. The van der Waals surface area contributed by atoms with Crippen molar-refractivity contribution in [3.63, 3.8) is 0 Å². The van der Waals surface area contributed by atoms with Crippen molar-refractivity contribution in [2.24, 2.45) is 5.73 Å². The Morgan fingerprint density at radius 2 is 1.81 bits per heavy atom. The molecule has 2 aromatic carbocycles. The molecule has 4 rings (SSSR count). The number of benzene rings is 2. The van der Waals surface area contributed by atoms with Gasteiger partial charge in [-0.3, -0.25) is 4.79 Å². The summed E-state index contributed by atoms with van der Waals surface area (Å²) in [7, 11) is 0. The average molecular weight is 366 g/mol. The Morgan fingerprint density at radius 3 is 2.52 bits per heavy atom. The van der Waals surface area contributed by atoms with Gasteiger partial charge in [0.2, 0.25) is 5.91 Å². The van der Waals surface area contributed by atoms with E-state index >= 15 is 0 Å². The second-order valence-electron chi connectivity index (χ2n) is 7.71. The van der Waals surface area contributed by atoms with E-state index in [1.165, 1.54) is 37.1 Å². The standard InChI is InChI=1S/C17H17NO.C6H14N2/c1-11(2)12-4-3-5-13(8-12)14-6-7-15-10-17(19)18-16(15)9-14;7-3-6-8-4-1-2-5-8/h3-9,11H,10H2,1-2H3,(H,18,19);1-7H2. The van der Waals surface area contributed by atoms with Gasteiger partial charge in [0.15, 0.2) is 0 Å². The molecular weight excluding hydrogens is 334 g/mol. The van der Waals surface area contributed by atoms with Crippen LogP contribution in [0.4, 0.5) is 5.69 Å². The summed E-state index contributed by atoms with van der Waals surface area (Å²) in [6.07, 6.45) is 3.25. The molecule has 27 heavy (non-hydrogen) atoms. The van der Waals surface area contributed by atoms with E-state index in [9.17, 15) is 4.79 Å². The fraction of sp³-hybridized carbons (Fsp3) is 0.435. The van der Waals surface area contributed by atoms with Gasteiger partial charge >= 0.3 is 0 Å². The van der Waals surface area contributed by atoms with Gasteiger partial charge in [0.05, 0.1) is 6.42 Å². The van der Waals surface area contributed by atoms with Gasteiger partial charge in [-0.2, -0.15) is 0 Å². The number of anilines is 1. The molecule has 144 valence electrons. The van der Waals surface area contributed by atoms with E-state index in [4.69, 9.17) is 5.73 Å². The first-order valence-electron chi connectivity index (χ1n) is 10.0. The molecule has 4 nitrogen and oxygen atoms in total. The van der Waals surface area contributed by atoms with Gasteiger partial charge in [0.1, 0.15) is 0 Å². The summed E-state index contributed by atoms with van der Waals surface area (Å²) < 4.78 is 0. The zero-order valence-electron chi connectivity index (χ0n) is 16.5. The number of likely N-dealkylation sites (tertiary alicyclic amines) is 1. The molecule has 0 spiro atoms. The average Bonchev–Trinajstić information content (AvgIpc) is 3.30. The topological polar surface area (TPSA) is 58.4 Å². The van der Waals surface area contributed by atoms with Crippen molar-refractivity contribution in [1.82, 2.24) is 4.90 Å². The lowest BCUT2D eigenvalue weighted by Gasteiger charge is -2.11. The van der Waals surface area contributed by atoms with Crippen LogP contribution in [-0.4, -0.2) is 37.0 Å². The zero-order valence-corrected chi connectivity index (χ0v) is 16.5. The number of fused-ring (bicyclic) bond motifs is 1. The maximum atomic E-state index is 11.4. The van der Waals surface area contributed by atoms with Crippen molar-refractivity contribution in [3.05, 3.63) is 53.6 Å². The molecule has 0 atom stereocenters. The molecule has 0 saturated carbocycles. The SMILES string of the molecule is CC(C)c1cccc(-c2ccc3c(c2)NC(=O)C3)c1.NCCN1CCCC1. The molecule has 2 aliphatic heterocycles. The van der Waals surface area contributed by atoms with Crippen molar-refractivity contribution in [2.75, 3.05) is 31.5 Å². The molecule has 0 aliphatic carbocycles. The smallest absolute Gasteiger partial charge is 0.228 e. The maximum Gasteiger partial charge on any atom is 0.228 e. The highest BCUT2D eigenvalue weighted by Crippen LogP contribution is 2.30. The lowest BCUT2D eigenvalue weighted by molar-refractivity contribution is -0.115. The molecule has 4 heteroatoms. The number of nitrogens with two attached hydrogens (primary N) is 1. The fourth-order valence-electron chi connectivity index (χ4n) is 3.66. The largest absolute Gasteiger partial charge is 0.329 e. The molecule has 0 bridgehead atoms. The van der Waals surface area contributed by atoms with E-state index in [1.807, 2.05) is 6.07 Å².